The van der Waals surface area contributed by atoms with Gasteiger partial charge in [-0.2, -0.15) is 23.4 Å². The van der Waals surface area contributed by atoms with Crippen LogP contribution in [0.4, 0.5) is 13.2 Å². The van der Waals surface area contributed by atoms with E-state index in [1.54, 1.807) is 13.0 Å². The lowest BCUT2D eigenvalue weighted by atomic mass is 10.00. The Labute approximate surface area is 189 Å². The van der Waals surface area contributed by atoms with Gasteiger partial charge in [0.05, 0.1) is 29.0 Å². The number of halogens is 3. The van der Waals surface area contributed by atoms with Gasteiger partial charge in [0.2, 0.25) is 0 Å². The van der Waals surface area contributed by atoms with Gasteiger partial charge in [-0.3, -0.25) is 9.80 Å². The van der Waals surface area contributed by atoms with Crippen LogP contribution in [0.15, 0.2) is 30.5 Å². The van der Waals surface area contributed by atoms with Crippen molar-refractivity contribution < 1.29 is 23.1 Å². The van der Waals surface area contributed by atoms with E-state index in [2.05, 4.69) is 15.1 Å². The Morgan fingerprint density at radius 3 is 2.39 bits per heavy atom. The van der Waals surface area contributed by atoms with Crippen molar-refractivity contribution in [2.45, 2.75) is 33.0 Å². The predicted octanol–water partition coefficient (Wildman–Crippen LogP) is 3.95. The van der Waals surface area contributed by atoms with Gasteiger partial charge in [-0.15, -0.1) is 0 Å². The van der Waals surface area contributed by atoms with Crippen molar-refractivity contribution in [2.24, 2.45) is 0 Å². The van der Waals surface area contributed by atoms with Crippen molar-refractivity contribution in [3.63, 3.8) is 0 Å². The van der Waals surface area contributed by atoms with Crippen LogP contribution in [0, 0.1) is 13.8 Å². The highest BCUT2D eigenvalue weighted by Gasteiger charge is 2.33. The Morgan fingerprint density at radius 1 is 1.12 bits per heavy atom. The second-order valence-electron chi connectivity index (χ2n) is 8.52. The van der Waals surface area contributed by atoms with Gasteiger partial charge in [0.25, 0.3) is 0 Å². The van der Waals surface area contributed by atoms with Crippen molar-refractivity contribution >= 4 is 11.5 Å². The van der Waals surface area contributed by atoms with E-state index in [9.17, 15) is 23.1 Å². The molecule has 1 fully saturated rings. The van der Waals surface area contributed by atoms with E-state index < -0.39 is 18.7 Å². The molecule has 176 valence electrons. The third-order valence-electron chi connectivity index (χ3n) is 6.31. The maximum absolute atomic E-state index is 12.7. The van der Waals surface area contributed by atoms with E-state index in [0.717, 1.165) is 17.0 Å². The number of hydrogen-bond acceptors (Lipinski definition) is 5. The largest absolute Gasteiger partial charge is 0.478 e. The van der Waals surface area contributed by atoms with Crippen LogP contribution < -0.4 is 0 Å². The monoisotopic (exact) mass is 461 g/mol. The molecular formula is C23H26F3N5O2. The van der Waals surface area contributed by atoms with Gasteiger partial charge in [-0.05, 0) is 50.6 Å². The number of nitrogens with zero attached hydrogens (tertiary/aromatic N) is 5. The minimum Gasteiger partial charge on any atom is -0.478 e. The van der Waals surface area contributed by atoms with E-state index in [1.165, 1.54) is 4.90 Å². The average molecular weight is 461 g/mol. The first-order chi connectivity index (χ1) is 15.5. The van der Waals surface area contributed by atoms with Crippen LogP contribution in [-0.2, 0) is 0 Å². The van der Waals surface area contributed by atoms with Crippen molar-refractivity contribution in [3.8, 4) is 11.3 Å². The molecule has 10 heteroatoms. The lowest BCUT2D eigenvalue weighted by molar-refractivity contribution is -0.149. The highest BCUT2D eigenvalue weighted by Crippen LogP contribution is 2.33. The molecule has 0 spiro atoms. The van der Waals surface area contributed by atoms with Crippen LogP contribution >= 0.6 is 0 Å². The lowest BCUT2D eigenvalue weighted by Crippen LogP contribution is -2.49. The topological polar surface area (TPSA) is 74.0 Å². The van der Waals surface area contributed by atoms with E-state index in [-0.39, 0.29) is 11.6 Å². The molecule has 0 amide bonds. The van der Waals surface area contributed by atoms with Crippen molar-refractivity contribution in [1.29, 1.82) is 0 Å². The van der Waals surface area contributed by atoms with Crippen LogP contribution in [0.3, 0.4) is 0 Å². The van der Waals surface area contributed by atoms with Gasteiger partial charge in [0.1, 0.15) is 0 Å². The Hall–Kier alpha value is -2.98. The van der Waals surface area contributed by atoms with Crippen molar-refractivity contribution in [1.82, 2.24) is 24.4 Å². The summed E-state index contributed by atoms with van der Waals surface area (Å²) in [7, 11) is 0. The summed E-state index contributed by atoms with van der Waals surface area (Å²) in [5, 5.41) is 18.2. The summed E-state index contributed by atoms with van der Waals surface area (Å²) in [6.45, 7) is 6.22. The number of pyridine rings is 1. The SMILES string of the molecule is Cc1ccc(-c2ccn3c(C(C)N4CCN(CC(F)(F)F)CC4)c(C)c(C(=O)O)cc23)nn1. The normalized spacial score (nSPS) is 16.9. The molecule has 33 heavy (non-hydrogen) atoms. The van der Waals surface area contributed by atoms with Crippen LogP contribution in [0.1, 0.15) is 40.3 Å². The second kappa shape index (κ2) is 8.75. The van der Waals surface area contributed by atoms with Gasteiger partial charge < -0.3 is 9.51 Å². The molecule has 1 N–H and O–H groups in total. The third kappa shape index (κ3) is 4.72. The van der Waals surface area contributed by atoms with Crippen molar-refractivity contribution in [2.75, 3.05) is 32.7 Å². The zero-order chi connectivity index (χ0) is 23.9. The Morgan fingerprint density at radius 2 is 1.82 bits per heavy atom. The Kier molecular flexibility index (Phi) is 6.15. The van der Waals surface area contributed by atoms with Gasteiger partial charge >= 0.3 is 12.1 Å². The number of hydrogen-bond donors (Lipinski definition) is 1. The molecule has 0 saturated carbocycles. The second-order valence-corrected chi connectivity index (χ2v) is 8.52. The molecule has 1 aliphatic heterocycles. The summed E-state index contributed by atoms with van der Waals surface area (Å²) in [5.41, 5.74) is 4.53. The molecule has 3 aromatic heterocycles. The summed E-state index contributed by atoms with van der Waals surface area (Å²) >= 11 is 0. The highest BCUT2D eigenvalue weighted by molar-refractivity contribution is 5.93. The molecule has 1 aliphatic rings. The molecule has 0 aliphatic carbocycles. The van der Waals surface area contributed by atoms with Crippen LogP contribution in [0.2, 0.25) is 0 Å². The van der Waals surface area contributed by atoms with Gasteiger partial charge in [0.15, 0.2) is 0 Å². The number of alkyl halides is 3. The van der Waals surface area contributed by atoms with E-state index in [4.69, 9.17) is 0 Å². The average Bonchev–Trinajstić information content (AvgIpc) is 3.16. The number of aryl methyl sites for hydroxylation is 1. The Balaban J connectivity index is 1.72. The standard InChI is InChI=1S/C23H26F3N5O2/c1-14-4-5-19(28-27-14)17-6-7-31-20(17)12-18(22(32)33)15(2)21(31)16(3)30-10-8-29(9-11-30)13-23(24,25)26/h4-7,12,16H,8-11,13H2,1-3H3,(H,32,33). The van der Waals surface area contributed by atoms with Gasteiger partial charge in [0, 0.05) is 49.7 Å². The fourth-order valence-electron chi connectivity index (χ4n) is 4.60. The molecule has 0 aromatic carbocycles. The minimum atomic E-state index is -4.22. The van der Waals surface area contributed by atoms with Crippen LogP contribution in [-0.4, -0.2) is 74.4 Å². The van der Waals surface area contributed by atoms with Crippen LogP contribution in [0.5, 0.6) is 0 Å². The van der Waals surface area contributed by atoms with E-state index in [0.29, 0.717) is 43.0 Å². The number of fused-ring (bicyclic) bond motifs is 1. The molecule has 4 rings (SSSR count). The van der Waals surface area contributed by atoms with E-state index in [1.807, 2.05) is 42.6 Å². The van der Waals surface area contributed by atoms with Gasteiger partial charge in [-0.1, -0.05) is 0 Å². The third-order valence-corrected chi connectivity index (χ3v) is 6.31. The number of rotatable bonds is 5. The quantitative estimate of drug-likeness (QED) is 0.620. The lowest BCUT2D eigenvalue weighted by Gasteiger charge is -2.39. The maximum Gasteiger partial charge on any atom is 0.401 e. The summed E-state index contributed by atoms with van der Waals surface area (Å²) in [4.78, 5) is 15.6. The van der Waals surface area contributed by atoms with Crippen LogP contribution in [0.25, 0.3) is 16.8 Å². The smallest absolute Gasteiger partial charge is 0.401 e. The minimum absolute atomic E-state index is 0.191. The summed E-state index contributed by atoms with van der Waals surface area (Å²) in [6, 6.07) is 7.04. The molecule has 0 radical (unpaired) electrons. The molecular weight excluding hydrogens is 435 g/mol. The number of piperazine rings is 1. The summed E-state index contributed by atoms with van der Waals surface area (Å²) < 4.78 is 40.2. The van der Waals surface area contributed by atoms with Gasteiger partial charge in [-0.25, -0.2) is 4.79 Å². The Bertz CT molecular complexity index is 1170. The summed E-state index contributed by atoms with van der Waals surface area (Å²) in [5.74, 6) is -1.03. The molecule has 1 atom stereocenters. The number of carboxylic acid groups (broad SMARTS) is 1. The maximum atomic E-state index is 12.7. The number of carbonyl (C=O) groups is 1. The zero-order valence-corrected chi connectivity index (χ0v) is 18.7. The molecule has 7 nitrogen and oxygen atoms in total. The first-order valence-electron chi connectivity index (χ1n) is 10.8. The summed E-state index contributed by atoms with van der Waals surface area (Å²) in [6.07, 6.45) is -2.33. The fraction of sp³-hybridized carbons (Fsp3) is 0.435. The highest BCUT2D eigenvalue weighted by atomic mass is 19.4. The number of carboxylic acids is 1. The molecule has 3 aromatic rings. The predicted molar refractivity (Wildman–Crippen MR) is 117 cm³/mol. The molecule has 1 saturated heterocycles. The first kappa shape index (κ1) is 23.2. The zero-order valence-electron chi connectivity index (χ0n) is 18.7. The fourth-order valence-corrected chi connectivity index (χ4v) is 4.60. The first-order valence-corrected chi connectivity index (χ1v) is 10.8. The molecule has 4 heterocycles. The number of aromatic carboxylic acids is 1. The number of aromatic nitrogens is 3. The van der Waals surface area contributed by atoms with E-state index >= 15 is 0 Å². The molecule has 0 bridgehead atoms. The molecule has 1 unspecified atom stereocenters. The van der Waals surface area contributed by atoms with Crippen molar-refractivity contribution in [3.05, 3.63) is 53.0 Å².